The normalized spacial score (nSPS) is 12.1. The molecule has 0 amide bonds. The number of aromatic nitrogens is 2. The van der Waals surface area contributed by atoms with Gasteiger partial charge in [-0.25, -0.2) is 9.78 Å². The Morgan fingerprint density at radius 2 is 2.11 bits per heavy atom. The Balaban J connectivity index is 2.87. The average Bonchev–Trinajstić information content (AvgIpc) is 2.35. The molecule has 0 spiro atoms. The van der Waals surface area contributed by atoms with E-state index in [1.807, 2.05) is 27.9 Å². The molecule has 0 bridgehead atoms. The molecule has 100 valence electrons. The van der Waals surface area contributed by atoms with Gasteiger partial charge in [0.25, 0.3) is 0 Å². The van der Waals surface area contributed by atoms with E-state index in [0.29, 0.717) is 11.8 Å². The molecule has 1 unspecified atom stereocenters. The van der Waals surface area contributed by atoms with E-state index in [1.54, 1.807) is 17.2 Å². The summed E-state index contributed by atoms with van der Waals surface area (Å²) in [5.74, 6) is 1.01. The smallest absolute Gasteiger partial charge is 0.328 e. The lowest BCUT2D eigenvalue weighted by molar-refractivity contribution is -0.142. The minimum absolute atomic E-state index is 0.107. The first-order valence-electron chi connectivity index (χ1n) is 5.80. The van der Waals surface area contributed by atoms with Crippen molar-refractivity contribution >= 4 is 17.7 Å². The summed E-state index contributed by atoms with van der Waals surface area (Å²) in [5, 5.41) is 3.07. The van der Waals surface area contributed by atoms with Crippen LogP contribution in [0, 0.1) is 5.92 Å². The minimum Gasteiger partial charge on any atom is -0.467 e. The number of carbonyl (C=O) groups is 1. The van der Waals surface area contributed by atoms with Crippen LogP contribution in [0.3, 0.4) is 0 Å². The number of carbonyl (C=O) groups excluding carboxylic acids is 1. The van der Waals surface area contributed by atoms with Gasteiger partial charge in [-0.15, -0.1) is 0 Å². The van der Waals surface area contributed by atoms with Crippen molar-refractivity contribution in [2.75, 3.05) is 31.4 Å². The van der Waals surface area contributed by atoms with Gasteiger partial charge < -0.3 is 15.0 Å². The second kappa shape index (κ2) is 6.18. The summed E-state index contributed by atoms with van der Waals surface area (Å²) in [6, 6.07) is 1.31. The zero-order valence-corrected chi connectivity index (χ0v) is 11.5. The summed E-state index contributed by atoms with van der Waals surface area (Å²) in [5.41, 5.74) is 0. The molecule has 0 aliphatic heterocycles. The van der Waals surface area contributed by atoms with E-state index in [0.717, 1.165) is 0 Å². The quantitative estimate of drug-likeness (QED) is 0.793. The van der Waals surface area contributed by atoms with Crippen LogP contribution < -0.4 is 10.2 Å². The highest BCUT2D eigenvalue weighted by molar-refractivity contribution is 5.79. The highest BCUT2D eigenvalue weighted by Crippen LogP contribution is 2.13. The van der Waals surface area contributed by atoms with Crippen LogP contribution in [0.1, 0.15) is 13.8 Å². The summed E-state index contributed by atoms with van der Waals surface area (Å²) in [7, 11) is 5.10. The fraction of sp³-hybridized carbons (Fsp3) is 0.583. The molecule has 1 aromatic heterocycles. The van der Waals surface area contributed by atoms with Crippen LogP contribution in [0.2, 0.25) is 0 Å². The first-order chi connectivity index (χ1) is 8.45. The Morgan fingerprint density at radius 1 is 1.44 bits per heavy atom. The van der Waals surface area contributed by atoms with Gasteiger partial charge in [-0.1, -0.05) is 13.8 Å². The molecule has 1 rings (SSSR count). The zero-order chi connectivity index (χ0) is 13.7. The molecule has 1 N–H and O–H groups in total. The van der Waals surface area contributed by atoms with Crippen LogP contribution in [0.5, 0.6) is 0 Å². The molecule has 1 heterocycles. The van der Waals surface area contributed by atoms with Crippen molar-refractivity contribution < 1.29 is 9.53 Å². The van der Waals surface area contributed by atoms with E-state index in [9.17, 15) is 4.79 Å². The lowest BCUT2D eigenvalue weighted by Gasteiger charge is -2.21. The molecular formula is C12H20N4O2. The van der Waals surface area contributed by atoms with Crippen LogP contribution in [0.4, 0.5) is 11.8 Å². The van der Waals surface area contributed by atoms with Crippen LogP contribution in [-0.4, -0.2) is 43.2 Å². The van der Waals surface area contributed by atoms with Crippen molar-refractivity contribution in [1.29, 1.82) is 0 Å². The summed E-state index contributed by atoms with van der Waals surface area (Å²) in [6.07, 6.45) is 1.65. The Hall–Kier alpha value is -1.85. The predicted molar refractivity (Wildman–Crippen MR) is 70.6 cm³/mol. The van der Waals surface area contributed by atoms with Crippen LogP contribution >= 0.6 is 0 Å². The van der Waals surface area contributed by atoms with Crippen LogP contribution in [0.25, 0.3) is 0 Å². The van der Waals surface area contributed by atoms with Gasteiger partial charge in [0.15, 0.2) is 0 Å². The van der Waals surface area contributed by atoms with E-state index in [1.165, 1.54) is 7.11 Å². The van der Waals surface area contributed by atoms with E-state index in [4.69, 9.17) is 4.74 Å². The standard InChI is InChI=1S/C12H20N4O2/c1-8(2)10(11(17)18-5)14-9-6-7-13-12(15-9)16(3)4/h6-8,10H,1-5H3,(H,13,14,15). The van der Waals surface area contributed by atoms with E-state index in [2.05, 4.69) is 15.3 Å². The maximum absolute atomic E-state index is 11.6. The van der Waals surface area contributed by atoms with Gasteiger partial charge >= 0.3 is 5.97 Å². The van der Waals surface area contributed by atoms with Crippen molar-refractivity contribution in [1.82, 2.24) is 9.97 Å². The van der Waals surface area contributed by atoms with Crippen LogP contribution in [-0.2, 0) is 9.53 Å². The summed E-state index contributed by atoms with van der Waals surface area (Å²) in [4.78, 5) is 21.9. The van der Waals surface area contributed by atoms with Gasteiger partial charge in [-0.3, -0.25) is 0 Å². The molecule has 1 aromatic rings. The Labute approximate surface area is 107 Å². The highest BCUT2D eigenvalue weighted by Gasteiger charge is 2.23. The average molecular weight is 252 g/mol. The van der Waals surface area contributed by atoms with E-state index in [-0.39, 0.29) is 11.9 Å². The van der Waals surface area contributed by atoms with Gasteiger partial charge in [0.05, 0.1) is 7.11 Å². The van der Waals surface area contributed by atoms with Crippen molar-refractivity contribution in [3.8, 4) is 0 Å². The number of nitrogens with zero attached hydrogens (tertiary/aromatic N) is 3. The molecule has 6 nitrogen and oxygen atoms in total. The summed E-state index contributed by atoms with van der Waals surface area (Å²) in [6.45, 7) is 3.89. The molecule has 0 aliphatic carbocycles. The third kappa shape index (κ3) is 3.58. The third-order valence-corrected chi connectivity index (χ3v) is 2.47. The van der Waals surface area contributed by atoms with Gasteiger partial charge in [-0.05, 0) is 12.0 Å². The fourth-order valence-electron chi connectivity index (χ4n) is 1.43. The second-order valence-corrected chi connectivity index (χ2v) is 4.53. The molecule has 0 saturated heterocycles. The van der Waals surface area contributed by atoms with Crippen molar-refractivity contribution in [3.05, 3.63) is 12.3 Å². The van der Waals surface area contributed by atoms with Crippen molar-refractivity contribution in [2.24, 2.45) is 5.92 Å². The largest absolute Gasteiger partial charge is 0.467 e. The molecule has 0 radical (unpaired) electrons. The SMILES string of the molecule is COC(=O)C(Nc1ccnc(N(C)C)n1)C(C)C. The molecule has 0 saturated carbocycles. The van der Waals surface area contributed by atoms with Gasteiger partial charge in [0, 0.05) is 20.3 Å². The van der Waals surface area contributed by atoms with Gasteiger partial charge in [0.1, 0.15) is 11.9 Å². The van der Waals surface area contributed by atoms with Crippen LogP contribution in [0.15, 0.2) is 12.3 Å². The molecule has 0 aliphatic rings. The molecule has 0 fully saturated rings. The van der Waals surface area contributed by atoms with E-state index >= 15 is 0 Å². The maximum atomic E-state index is 11.6. The minimum atomic E-state index is -0.417. The number of anilines is 2. The summed E-state index contributed by atoms with van der Waals surface area (Å²) < 4.78 is 4.77. The van der Waals surface area contributed by atoms with Crippen molar-refractivity contribution in [3.63, 3.8) is 0 Å². The third-order valence-electron chi connectivity index (χ3n) is 2.47. The fourth-order valence-corrected chi connectivity index (χ4v) is 1.43. The number of nitrogens with one attached hydrogen (secondary N) is 1. The number of hydrogen-bond acceptors (Lipinski definition) is 6. The predicted octanol–water partition coefficient (Wildman–Crippen LogP) is 1.15. The first kappa shape index (κ1) is 14.2. The first-order valence-corrected chi connectivity index (χ1v) is 5.80. The maximum Gasteiger partial charge on any atom is 0.328 e. The molecular weight excluding hydrogens is 232 g/mol. The number of ether oxygens (including phenoxy) is 1. The Bertz CT molecular complexity index is 407. The van der Waals surface area contributed by atoms with Gasteiger partial charge in [0.2, 0.25) is 5.95 Å². The monoisotopic (exact) mass is 252 g/mol. The Morgan fingerprint density at radius 3 is 2.61 bits per heavy atom. The number of rotatable bonds is 5. The number of hydrogen-bond donors (Lipinski definition) is 1. The topological polar surface area (TPSA) is 67.3 Å². The lowest BCUT2D eigenvalue weighted by atomic mass is 10.0. The summed E-state index contributed by atoms with van der Waals surface area (Å²) >= 11 is 0. The molecule has 18 heavy (non-hydrogen) atoms. The highest BCUT2D eigenvalue weighted by atomic mass is 16.5. The molecule has 1 atom stereocenters. The van der Waals surface area contributed by atoms with E-state index < -0.39 is 6.04 Å². The number of methoxy groups -OCH3 is 1. The molecule has 6 heteroatoms. The number of esters is 1. The second-order valence-electron chi connectivity index (χ2n) is 4.53. The van der Waals surface area contributed by atoms with Crippen molar-refractivity contribution in [2.45, 2.75) is 19.9 Å². The Kier molecular flexibility index (Phi) is 4.88. The molecule has 0 aromatic carbocycles. The lowest BCUT2D eigenvalue weighted by Crippen LogP contribution is -2.35. The zero-order valence-electron chi connectivity index (χ0n) is 11.5. The van der Waals surface area contributed by atoms with Gasteiger partial charge in [-0.2, -0.15) is 4.98 Å².